The number of nitrogen functional groups attached to an aromatic ring is 1. The molecule has 1 aromatic rings. The molecule has 1 saturated heterocycles. The number of likely N-dealkylation sites (N-methyl/N-ethyl adjacent to an activating group) is 1. The van der Waals surface area contributed by atoms with Gasteiger partial charge in [-0.1, -0.05) is 11.6 Å². The number of carbonyl (C=O) groups excluding carboxylic acids is 1. The summed E-state index contributed by atoms with van der Waals surface area (Å²) in [6.45, 7) is 5.70. The lowest BCUT2D eigenvalue weighted by atomic mass is 10.2. The first kappa shape index (κ1) is 15.1. The van der Waals surface area contributed by atoms with Gasteiger partial charge in [-0.25, -0.2) is 0 Å². The van der Waals surface area contributed by atoms with Gasteiger partial charge in [0.25, 0.3) is 0 Å². The number of amides is 1. The topological polar surface area (TPSA) is 61.6 Å². The van der Waals surface area contributed by atoms with E-state index in [1.165, 1.54) is 0 Å². The Hall–Kier alpha value is -1.30. The van der Waals surface area contributed by atoms with E-state index in [1.54, 1.807) is 18.2 Å². The Morgan fingerprint density at radius 2 is 2.00 bits per heavy atom. The number of nitrogens with zero attached hydrogens (tertiary/aromatic N) is 2. The van der Waals surface area contributed by atoms with Gasteiger partial charge in [0.1, 0.15) is 0 Å². The Morgan fingerprint density at radius 1 is 1.35 bits per heavy atom. The molecule has 1 fully saturated rings. The maximum atomic E-state index is 12.3. The van der Waals surface area contributed by atoms with Gasteiger partial charge >= 0.3 is 0 Å². The highest BCUT2D eigenvalue weighted by atomic mass is 35.5. The van der Waals surface area contributed by atoms with Gasteiger partial charge in [-0.3, -0.25) is 9.69 Å². The van der Waals surface area contributed by atoms with E-state index in [2.05, 4.69) is 22.2 Å². The predicted octanol–water partition coefficient (Wildman–Crippen LogP) is 1.50. The molecule has 1 aromatic carbocycles. The van der Waals surface area contributed by atoms with Crippen LogP contribution in [0.15, 0.2) is 18.2 Å². The van der Waals surface area contributed by atoms with Crippen LogP contribution >= 0.6 is 11.6 Å². The zero-order chi connectivity index (χ0) is 14.7. The standard InChI is InChI=1S/C14H21ClN4O/c1-10(19-7-5-18(2)6-8-19)14(20)17-13-4-3-11(16)9-12(13)15/h3-4,9-10H,5-8,16H2,1-2H3,(H,17,20). The summed E-state index contributed by atoms with van der Waals surface area (Å²) in [6, 6.07) is 4.92. The Kier molecular flexibility index (Phi) is 4.86. The molecule has 0 bridgehead atoms. The van der Waals surface area contributed by atoms with Gasteiger partial charge in [0.2, 0.25) is 5.91 Å². The Balaban J connectivity index is 1.97. The largest absolute Gasteiger partial charge is 0.399 e. The van der Waals surface area contributed by atoms with Crippen molar-refractivity contribution in [3.05, 3.63) is 23.2 Å². The summed E-state index contributed by atoms with van der Waals surface area (Å²) in [5.74, 6) is -0.0405. The Bertz CT molecular complexity index is 486. The summed E-state index contributed by atoms with van der Waals surface area (Å²) in [4.78, 5) is 16.7. The fraction of sp³-hybridized carbons (Fsp3) is 0.500. The summed E-state index contributed by atoms with van der Waals surface area (Å²) in [5.41, 5.74) is 6.83. The summed E-state index contributed by atoms with van der Waals surface area (Å²) < 4.78 is 0. The maximum absolute atomic E-state index is 12.3. The lowest BCUT2D eigenvalue weighted by Crippen LogP contribution is -2.51. The van der Waals surface area contributed by atoms with E-state index in [4.69, 9.17) is 17.3 Å². The van der Waals surface area contributed by atoms with Gasteiger partial charge in [-0.2, -0.15) is 0 Å². The van der Waals surface area contributed by atoms with Crippen molar-refractivity contribution in [2.45, 2.75) is 13.0 Å². The molecule has 0 saturated carbocycles. The van der Waals surface area contributed by atoms with Crippen LogP contribution in [0.1, 0.15) is 6.92 Å². The fourth-order valence-electron chi connectivity index (χ4n) is 2.24. The number of hydrogen-bond acceptors (Lipinski definition) is 4. The van der Waals surface area contributed by atoms with Crippen molar-refractivity contribution >= 4 is 28.9 Å². The van der Waals surface area contributed by atoms with Crippen molar-refractivity contribution in [2.24, 2.45) is 0 Å². The molecule has 6 heteroatoms. The van der Waals surface area contributed by atoms with Crippen molar-refractivity contribution < 1.29 is 4.79 Å². The summed E-state index contributed by atoms with van der Waals surface area (Å²) in [7, 11) is 2.09. The van der Waals surface area contributed by atoms with Crippen LogP contribution in [0.25, 0.3) is 0 Å². The third-order valence-corrected chi connectivity index (χ3v) is 4.03. The second-order valence-electron chi connectivity index (χ2n) is 5.24. The van der Waals surface area contributed by atoms with Gasteiger partial charge in [0, 0.05) is 31.9 Å². The van der Waals surface area contributed by atoms with E-state index in [0.717, 1.165) is 26.2 Å². The van der Waals surface area contributed by atoms with E-state index < -0.39 is 0 Å². The average Bonchev–Trinajstić information content (AvgIpc) is 2.42. The summed E-state index contributed by atoms with van der Waals surface area (Å²) in [6.07, 6.45) is 0. The Morgan fingerprint density at radius 3 is 2.60 bits per heavy atom. The molecule has 5 nitrogen and oxygen atoms in total. The first-order valence-electron chi connectivity index (χ1n) is 6.76. The van der Waals surface area contributed by atoms with Crippen LogP contribution in [0, 0.1) is 0 Å². The first-order valence-corrected chi connectivity index (χ1v) is 7.13. The normalized spacial score (nSPS) is 18.8. The van der Waals surface area contributed by atoms with E-state index in [1.807, 2.05) is 6.92 Å². The number of anilines is 2. The number of hydrogen-bond donors (Lipinski definition) is 2. The molecular formula is C14H21ClN4O. The lowest BCUT2D eigenvalue weighted by molar-refractivity contribution is -0.121. The number of carbonyl (C=O) groups is 1. The number of halogens is 1. The summed E-state index contributed by atoms with van der Waals surface area (Å²) in [5, 5.41) is 3.33. The Labute approximate surface area is 124 Å². The molecule has 0 radical (unpaired) electrons. The monoisotopic (exact) mass is 296 g/mol. The summed E-state index contributed by atoms with van der Waals surface area (Å²) >= 11 is 6.07. The number of nitrogens with two attached hydrogens (primary N) is 1. The molecule has 2 rings (SSSR count). The van der Waals surface area contributed by atoms with Crippen molar-refractivity contribution in [2.75, 3.05) is 44.3 Å². The molecule has 110 valence electrons. The van der Waals surface area contributed by atoms with Gasteiger partial charge in [0.15, 0.2) is 0 Å². The molecule has 1 atom stereocenters. The number of benzene rings is 1. The van der Waals surface area contributed by atoms with E-state index in [9.17, 15) is 4.79 Å². The molecule has 1 unspecified atom stereocenters. The third-order valence-electron chi connectivity index (χ3n) is 3.72. The van der Waals surface area contributed by atoms with Crippen LogP contribution in [0.4, 0.5) is 11.4 Å². The van der Waals surface area contributed by atoms with Crippen molar-refractivity contribution in [3.63, 3.8) is 0 Å². The molecule has 3 N–H and O–H groups in total. The average molecular weight is 297 g/mol. The highest BCUT2D eigenvalue weighted by Gasteiger charge is 2.24. The highest BCUT2D eigenvalue weighted by molar-refractivity contribution is 6.34. The smallest absolute Gasteiger partial charge is 0.241 e. The van der Waals surface area contributed by atoms with Crippen LogP contribution in [-0.4, -0.2) is 55.0 Å². The van der Waals surface area contributed by atoms with E-state index in [0.29, 0.717) is 16.4 Å². The molecule has 20 heavy (non-hydrogen) atoms. The second kappa shape index (κ2) is 6.43. The molecule has 0 aromatic heterocycles. The highest BCUT2D eigenvalue weighted by Crippen LogP contribution is 2.24. The lowest BCUT2D eigenvalue weighted by Gasteiger charge is -2.35. The van der Waals surface area contributed by atoms with Gasteiger partial charge < -0.3 is 16.0 Å². The van der Waals surface area contributed by atoms with Crippen LogP contribution in [0.5, 0.6) is 0 Å². The molecule has 1 aliphatic rings. The number of rotatable bonds is 3. The molecule has 1 amide bonds. The molecule has 1 aliphatic heterocycles. The van der Waals surface area contributed by atoms with Crippen LogP contribution in [0.3, 0.4) is 0 Å². The maximum Gasteiger partial charge on any atom is 0.241 e. The minimum Gasteiger partial charge on any atom is -0.399 e. The first-order chi connectivity index (χ1) is 9.47. The zero-order valence-electron chi connectivity index (χ0n) is 11.9. The quantitative estimate of drug-likeness (QED) is 0.830. The van der Waals surface area contributed by atoms with Gasteiger partial charge in [-0.15, -0.1) is 0 Å². The SMILES string of the molecule is CC(C(=O)Nc1ccc(N)cc1Cl)N1CCN(C)CC1. The van der Waals surface area contributed by atoms with Crippen LogP contribution < -0.4 is 11.1 Å². The van der Waals surface area contributed by atoms with Crippen molar-refractivity contribution in [3.8, 4) is 0 Å². The minimum absolute atomic E-state index is 0.0405. The molecular weight excluding hydrogens is 276 g/mol. The van der Waals surface area contributed by atoms with Crippen LogP contribution in [-0.2, 0) is 4.79 Å². The van der Waals surface area contributed by atoms with Crippen molar-refractivity contribution in [1.82, 2.24) is 9.80 Å². The fourth-order valence-corrected chi connectivity index (χ4v) is 2.48. The van der Waals surface area contributed by atoms with E-state index >= 15 is 0 Å². The van der Waals surface area contributed by atoms with E-state index in [-0.39, 0.29) is 11.9 Å². The molecule has 1 heterocycles. The molecule has 0 aliphatic carbocycles. The molecule has 0 spiro atoms. The zero-order valence-corrected chi connectivity index (χ0v) is 12.7. The minimum atomic E-state index is -0.169. The third kappa shape index (κ3) is 3.62. The number of piperazine rings is 1. The predicted molar refractivity (Wildman–Crippen MR) is 83.0 cm³/mol. The van der Waals surface area contributed by atoms with Gasteiger partial charge in [-0.05, 0) is 32.2 Å². The van der Waals surface area contributed by atoms with Gasteiger partial charge in [0.05, 0.1) is 16.8 Å². The van der Waals surface area contributed by atoms with Crippen molar-refractivity contribution in [1.29, 1.82) is 0 Å². The second-order valence-corrected chi connectivity index (χ2v) is 5.65. The van der Waals surface area contributed by atoms with Crippen LogP contribution in [0.2, 0.25) is 5.02 Å². The number of nitrogens with one attached hydrogen (secondary N) is 1.